The van der Waals surface area contributed by atoms with Crippen LogP contribution in [0.15, 0.2) is 54.9 Å². The van der Waals surface area contributed by atoms with E-state index in [1.807, 2.05) is 17.0 Å². The Morgan fingerprint density at radius 1 is 0.930 bits per heavy atom. The van der Waals surface area contributed by atoms with Gasteiger partial charge < -0.3 is 24.8 Å². The van der Waals surface area contributed by atoms with Crippen LogP contribution in [0.25, 0.3) is 11.1 Å². The number of fused-ring (bicyclic) bond motifs is 2. The van der Waals surface area contributed by atoms with Gasteiger partial charge >= 0.3 is 0 Å². The van der Waals surface area contributed by atoms with E-state index < -0.39 is 6.43 Å². The Balaban J connectivity index is 0.677. The molecule has 17 heteroatoms. The number of hydrogen-bond donors (Lipinski definition) is 1. The van der Waals surface area contributed by atoms with Crippen LogP contribution in [0.2, 0.25) is 5.02 Å². The average molecular weight is 987 g/mol. The van der Waals surface area contributed by atoms with Crippen LogP contribution in [0.3, 0.4) is 0 Å². The maximum Gasteiger partial charge on any atom is 0.272 e. The number of aryl methyl sites for hydroxylation is 2. The molecule has 3 aliphatic heterocycles. The van der Waals surface area contributed by atoms with Gasteiger partial charge in [-0.3, -0.25) is 19.0 Å². The van der Waals surface area contributed by atoms with Gasteiger partial charge in [-0.05, 0) is 149 Å². The minimum absolute atomic E-state index is 0.00120. The first-order valence-electron chi connectivity index (χ1n) is 25.7. The van der Waals surface area contributed by atoms with Crippen LogP contribution in [-0.4, -0.2) is 84.8 Å². The van der Waals surface area contributed by atoms with E-state index in [4.69, 9.17) is 26.7 Å². The van der Waals surface area contributed by atoms with Crippen LogP contribution < -0.4 is 19.9 Å². The summed E-state index contributed by atoms with van der Waals surface area (Å²) in [5.41, 5.74) is 6.33. The molecular formula is C54H62ClF2N11O3. The number of carbonyl (C=O) groups is 2. The first-order valence-corrected chi connectivity index (χ1v) is 26.1. The molecule has 2 amide bonds. The predicted molar refractivity (Wildman–Crippen MR) is 266 cm³/mol. The van der Waals surface area contributed by atoms with Gasteiger partial charge in [0.2, 0.25) is 5.91 Å². The van der Waals surface area contributed by atoms with Crippen molar-refractivity contribution in [1.82, 2.24) is 40.0 Å². The van der Waals surface area contributed by atoms with Crippen LogP contribution in [0, 0.1) is 28.6 Å². The number of anilines is 3. The number of nitriles is 1. The van der Waals surface area contributed by atoms with Crippen molar-refractivity contribution in [2.24, 2.45) is 24.3 Å². The van der Waals surface area contributed by atoms with E-state index in [1.165, 1.54) is 44.2 Å². The minimum Gasteiger partial charge on any atom is -0.490 e. The molecule has 0 unspecified atom stereocenters. The van der Waals surface area contributed by atoms with E-state index >= 15 is 0 Å². The molecular weight excluding hydrogens is 924 g/mol. The van der Waals surface area contributed by atoms with Crippen molar-refractivity contribution in [3.63, 3.8) is 0 Å². The van der Waals surface area contributed by atoms with Gasteiger partial charge in [-0.15, -0.1) is 10.2 Å². The monoisotopic (exact) mass is 985 g/mol. The van der Waals surface area contributed by atoms with Gasteiger partial charge in [-0.25, -0.2) is 8.78 Å². The number of amides is 2. The van der Waals surface area contributed by atoms with Crippen molar-refractivity contribution < 1.29 is 23.1 Å². The molecule has 2 aromatic carbocycles. The highest BCUT2D eigenvalue weighted by molar-refractivity contribution is 6.31. The summed E-state index contributed by atoms with van der Waals surface area (Å²) in [7, 11) is 1.80. The molecule has 11 rings (SSSR count). The van der Waals surface area contributed by atoms with Crippen molar-refractivity contribution in [3.05, 3.63) is 93.5 Å². The van der Waals surface area contributed by atoms with E-state index in [0.29, 0.717) is 70.0 Å². The Bertz CT molecular complexity index is 2830. The number of nitrogens with one attached hydrogen (secondary N) is 1. The summed E-state index contributed by atoms with van der Waals surface area (Å²) in [6.07, 6.45) is 15.8. The Morgan fingerprint density at radius 3 is 2.38 bits per heavy atom. The van der Waals surface area contributed by atoms with E-state index in [0.717, 1.165) is 99.3 Å². The molecule has 4 fully saturated rings. The Hall–Kier alpha value is -6.08. The summed E-state index contributed by atoms with van der Waals surface area (Å²) in [6.45, 7) is 5.37. The highest BCUT2D eigenvalue weighted by Crippen LogP contribution is 2.51. The molecule has 0 atom stereocenters. The Labute approximate surface area is 418 Å². The highest BCUT2D eigenvalue weighted by Gasteiger charge is 2.47. The average Bonchev–Trinajstić information content (AvgIpc) is 3.99. The molecule has 6 aliphatic rings. The second kappa shape index (κ2) is 19.5. The second-order valence-corrected chi connectivity index (χ2v) is 21.7. The molecule has 372 valence electrons. The molecule has 1 spiro atoms. The quantitative estimate of drug-likeness (QED) is 0.143. The fourth-order valence-electron chi connectivity index (χ4n) is 12.9. The van der Waals surface area contributed by atoms with Gasteiger partial charge in [0.25, 0.3) is 12.3 Å². The minimum atomic E-state index is -2.65. The zero-order chi connectivity index (χ0) is 49.0. The number of aromatic nitrogens is 6. The zero-order valence-corrected chi connectivity index (χ0v) is 41.4. The molecule has 14 nitrogen and oxygen atoms in total. The topological polar surface area (TPSA) is 150 Å². The molecule has 0 bridgehead atoms. The van der Waals surface area contributed by atoms with E-state index in [-0.39, 0.29) is 35.6 Å². The molecule has 0 radical (unpaired) electrons. The number of benzene rings is 2. The van der Waals surface area contributed by atoms with Crippen molar-refractivity contribution in [2.75, 3.05) is 36.0 Å². The Kier molecular flexibility index (Phi) is 13.0. The van der Waals surface area contributed by atoms with Crippen LogP contribution in [0.1, 0.15) is 141 Å². The molecule has 71 heavy (non-hydrogen) atoms. The second-order valence-electron chi connectivity index (χ2n) is 21.3. The first-order chi connectivity index (χ1) is 34.4. The molecule has 3 saturated carbocycles. The van der Waals surface area contributed by atoms with Crippen molar-refractivity contribution >= 4 is 40.7 Å². The van der Waals surface area contributed by atoms with E-state index in [2.05, 4.69) is 41.2 Å². The van der Waals surface area contributed by atoms with Crippen LogP contribution >= 0.6 is 11.6 Å². The summed E-state index contributed by atoms with van der Waals surface area (Å²) in [5.74, 6) is 3.52. The van der Waals surface area contributed by atoms with E-state index in [9.17, 15) is 18.4 Å². The number of nitrogens with zero attached hydrogens (tertiary/aromatic N) is 10. The summed E-state index contributed by atoms with van der Waals surface area (Å²) in [4.78, 5) is 32.2. The number of hydrogen-bond acceptors (Lipinski definition) is 10. The number of alkyl halides is 2. The number of ether oxygens (including phenoxy) is 1. The molecule has 1 saturated heterocycles. The number of carbonyl (C=O) groups excluding carboxylic acids is 2. The third-order valence-electron chi connectivity index (χ3n) is 16.9. The fourth-order valence-corrected chi connectivity index (χ4v) is 13.1. The fraction of sp³-hybridized carbons (Fsp3) is 0.537. The maximum absolute atomic E-state index is 14.8. The first kappa shape index (κ1) is 47.3. The summed E-state index contributed by atoms with van der Waals surface area (Å²) < 4.78 is 39.6. The number of halogens is 3. The van der Waals surface area contributed by atoms with Gasteiger partial charge in [0.1, 0.15) is 11.8 Å². The SMILES string of the molecule is CC(=O)N1CCc2c(c(N3CCCc4cc(-c5cnn(C)c5)c(C(F)F)cc43)nn2C2CCC(C3CCC4(CC3)CN(c3ccc(C(=O)NC5CCC(Oc6ccc(C#N)c(Cl)c6)CC5)nn3)C4)CC2)C1. The normalized spacial score (nSPS) is 23.2. The summed E-state index contributed by atoms with van der Waals surface area (Å²) in [5, 5.41) is 31.2. The molecule has 1 N–H and O–H groups in total. The largest absolute Gasteiger partial charge is 0.490 e. The zero-order valence-electron chi connectivity index (χ0n) is 40.6. The summed E-state index contributed by atoms with van der Waals surface area (Å²) in [6, 6.07) is 14.8. The van der Waals surface area contributed by atoms with E-state index in [1.54, 1.807) is 61.4 Å². The van der Waals surface area contributed by atoms with Gasteiger partial charge in [0, 0.05) is 98.4 Å². The smallest absolute Gasteiger partial charge is 0.272 e. The standard InChI is InChI=1S/C54H62ClF2N11O3/c1-33(69)65-23-19-48-45(30-65)52(67-22-3-4-36-24-43(38-28-59-64(2)29-38)44(51(56)57)26-49(36)67)63-68(48)40-10-5-34(6-11-40)35-17-20-54(21-18-35)31-66(32-54)50-16-15-47(61-62-50)53(70)60-39-8-13-41(14-9-39)71-42-12-7-37(27-58)46(55)25-42/h7,12,15-16,24-26,28-29,34-35,39-41,51H,3-6,8-11,13-14,17-23,30-32H2,1-2H3,(H,60,70). The lowest BCUT2D eigenvalue weighted by atomic mass is 9.62. The van der Waals surface area contributed by atoms with Crippen LogP contribution in [-0.2, 0) is 31.2 Å². The van der Waals surface area contributed by atoms with Gasteiger partial charge in [0.15, 0.2) is 17.3 Å². The van der Waals surface area contributed by atoms with Gasteiger partial charge in [0.05, 0.1) is 35.5 Å². The Morgan fingerprint density at radius 2 is 1.70 bits per heavy atom. The third kappa shape index (κ3) is 9.46. The van der Waals surface area contributed by atoms with Gasteiger partial charge in [-0.1, -0.05) is 11.6 Å². The predicted octanol–water partition coefficient (Wildman–Crippen LogP) is 10.1. The lowest BCUT2D eigenvalue weighted by molar-refractivity contribution is -0.129. The summed E-state index contributed by atoms with van der Waals surface area (Å²) >= 11 is 6.18. The highest BCUT2D eigenvalue weighted by atomic mass is 35.5. The van der Waals surface area contributed by atoms with Crippen molar-refractivity contribution in [2.45, 2.75) is 134 Å². The maximum atomic E-state index is 14.8. The number of rotatable bonds is 10. The van der Waals surface area contributed by atoms with Gasteiger partial charge in [-0.2, -0.15) is 15.5 Å². The van der Waals surface area contributed by atoms with Crippen LogP contribution in [0.5, 0.6) is 5.75 Å². The van der Waals surface area contributed by atoms with Crippen molar-refractivity contribution in [1.29, 1.82) is 5.26 Å². The van der Waals surface area contributed by atoms with Crippen LogP contribution in [0.4, 0.5) is 26.1 Å². The lowest BCUT2D eigenvalue weighted by Crippen LogP contribution is -2.58. The third-order valence-corrected chi connectivity index (χ3v) is 17.2. The van der Waals surface area contributed by atoms with Crippen molar-refractivity contribution in [3.8, 4) is 22.9 Å². The molecule has 3 aliphatic carbocycles. The molecule has 6 heterocycles. The molecule has 5 aromatic rings. The lowest BCUT2D eigenvalue weighted by Gasteiger charge is -2.54. The molecule has 3 aromatic heterocycles.